The van der Waals surface area contributed by atoms with Crippen LogP contribution in [0.5, 0.6) is 0 Å². The van der Waals surface area contributed by atoms with Crippen molar-refractivity contribution in [3.05, 3.63) is 58.7 Å². The first-order chi connectivity index (χ1) is 9.97. The third kappa shape index (κ3) is 2.21. The average Bonchev–Trinajstić information content (AvgIpc) is 2.83. The van der Waals surface area contributed by atoms with Crippen LogP contribution in [0.3, 0.4) is 0 Å². The van der Waals surface area contributed by atoms with Crippen molar-refractivity contribution >= 4 is 16.9 Å². The van der Waals surface area contributed by atoms with Crippen molar-refractivity contribution in [1.82, 2.24) is 0 Å². The molecule has 0 saturated carbocycles. The molecule has 0 radical (unpaired) electrons. The molecule has 106 valence electrons. The molecule has 0 atom stereocenters. The highest BCUT2D eigenvalue weighted by atomic mass is 16.4. The van der Waals surface area contributed by atoms with Crippen molar-refractivity contribution in [3.63, 3.8) is 0 Å². The molecule has 3 heteroatoms. The fraction of sp³-hybridized carbons (Fsp3) is 0.167. The van der Waals surface area contributed by atoms with E-state index in [9.17, 15) is 9.90 Å². The van der Waals surface area contributed by atoms with E-state index in [4.69, 9.17) is 4.42 Å². The lowest BCUT2D eigenvalue weighted by molar-refractivity contribution is 0.0696. The summed E-state index contributed by atoms with van der Waals surface area (Å²) in [6.45, 7) is 5.78. The Morgan fingerprint density at radius 3 is 2.43 bits per heavy atom. The molecule has 3 nitrogen and oxygen atoms in total. The predicted octanol–water partition coefficient (Wildman–Crippen LogP) is 4.72. The fourth-order valence-corrected chi connectivity index (χ4v) is 2.69. The number of aryl methyl sites for hydroxylation is 3. The number of hydrogen-bond acceptors (Lipinski definition) is 2. The maximum absolute atomic E-state index is 11.3. The first-order valence-electron chi connectivity index (χ1n) is 6.81. The van der Waals surface area contributed by atoms with Crippen LogP contribution in [0, 0.1) is 20.8 Å². The second-order valence-electron chi connectivity index (χ2n) is 5.39. The molecule has 0 saturated heterocycles. The summed E-state index contributed by atoms with van der Waals surface area (Å²) < 4.78 is 5.95. The first kappa shape index (κ1) is 13.4. The van der Waals surface area contributed by atoms with Gasteiger partial charge in [-0.15, -0.1) is 0 Å². The molecule has 1 heterocycles. The third-order valence-electron chi connectivity index (χ3n) is 3.81. The predicted molar refractivity (Wildman–Crippen MR) is 82.8 cm³/mol. The molecule has 0 fully saturated rings. The highest BCUT2D eigenvalue weighted by Gasteiger charge is 2.15. The SMILES string of the molecule is Cc1cc(C)c(-c2cc3cccc(C)c3o2)cc1C(=O)O. The molecule has 2 aromatic carbocycles. The van der Waals surface area contributed by atoms with Gasteiger partial charge in [0.1, 0.15) is 11.3 Å². The summed E-state index contributed by atoms with van der Waals surface area (Å²) in [6.07, 6.45) is 0. The largest absolute Gasteiger partial charge is 0.478 e. The van der Waals surface area contributed by atoms with Gasteiger partial charge in [0.15, 0.2) is 0 Å². The van der Waals surface area contributed by atoms with E-state index in [0.29, 0.717) is 11.3 Å². The van der Waals surface area contributed by atoms with Crippen LogP contribution in [0.15, 0.2) is 40.8 Å². The minimum Gasteiger partial charge on any atom is -0.478 e. The van der Waals surface area contributed by atoms with Gasteiger partial charge in [-0.3, -0.25) is 0 Å². The summed E-state index contributed by atoms with van der Waals surface area (Å²) in [5.41, 5.74) is 4.83. The Kier molecular flexibility index (Phi) is 3.05. The molecule has 0 aliphatic carbocycles. The van der Waals surface area contributed by atoms with E-state index < -0.39 is 5.97 Å². The second-order valence-corrected chi connectivity index (χ2v) is 5.39. The van der Waals surface area contributed by atoms with Crippen LogP contribution >= 0.6 is 0 Å². The maximum Gasteiger partial charge on any atom is 0.335 e. The molecule has 0 amide bonds. The van der Waals surface area contributed by atoms with Gasteiger partial charge in [0.25, 0.3) is 0 Å². The lowest BCUT2D eigenvalue weighted by Crippen LogP contribution is -2.01. The van der Waals surface area contributed by atoms with Crippen LogP contribution < -0.4 is 0 Å². The number of carboxylic acids is 1. The number of aromatic carboxylic acids is 1. The zero-order valence-corrected chi connectivity index (χ0v) is 12.2. The quantitative estimate of drug-likeness (QED) is 0.738. The van der Waals surface area contributed by atoms with Crippen molar-refractivity contribution in [1.29, 1.82) is 0 Å². The van der Waals surface area contributed by atoms with E-state index in [-0.39, 0.29) is 0 Å². The number of rotatable bonds is 2. The first-order valence-corrected chi connectivity index (χ1v) is 6.81. The van der Waals surface area contributed by atoms with Gasteiger partial charge in [-0.2, -0.15) is 0 Å². The lowest BCUT2D eigenvalue weighted by Gasteiger charge is -2.07. The van der Waals surface area contributed by atoms with E-state index >= 15 is 0 Å². The molecule has 0 spiro atoms. The van der Waals surface area contributed by atoms with E-state index in [2.05, 4.69) is 0 Å². The number of para-hydroxylation sites is 1. The maximum atomic E-state index is 11.3. The highest BCUT2D eigenvalue weighted by Crippen LogP contribution is 2.32. The van der Waals surface area contributed by atoms with Crippen LogP contribution in [-0.4, -0.2) is 11.1 Å². The van der Waals surface area contributed by atoms with Gasteiger partial charge in [-0.05, 0) is 49.6 Å². The zero-order chi connectivity index (χ0) is 15.1. The van der Waals surface area contributed by atoms with Crippen LogP contribution in [0.1, 0.15) is 27.0 Å². The lowest BCUT2D eigenvalue weighted by atomic mass is 9.98. The number of carbonyl (C=O) groups is 1. The van der Waals surface area contributed by atoms with Crippen molar-refractivity contribution < 1.29 is 14.3 Å². The van der Waals surface area contributed by atoms with Crippen molar-refractivity contribution in [2.45, 2.75) is 20.8 Å². The Bertz CT molecular complexity index is 856. The van der Waals surface area contributed by atoms with Gasteiger partial charge in [0, 0.05) is 10.9 Å². The number of fused-ring (bicyclic) bond motifs is 1. The summed E-state index contributed by atoms with van der Waals surface area (Å²) in [6, 6.07) is 11.5. The van der Waals surface area contributed by atoms with Crippen molar-refractivity contribution in [3.8, 4) is 11.3 Å². The number of hydrogen-bond donors (Lipinski definition) is 1. The summed E-state index contributed by atoms with van der Waals surface area (Å²) in [7, 11) is 0. The molecule has 1 N–H and O–H groups in total. The van der Waals surface area contributed by atoms with E-state index in [1.54, 1.807) is 6.07 Å². The molecule has 21 heavy (non-hydrogen) atoms. The number of furan rings is 1. The fourth-order valence-electron chi connectivity index (χ4n) is 2.69. The standard InChI is InChI=1S/C18H16O3/c1-10-5-4-6-13-8-16(21-17(10)13)14-9-15(18(19)20)12(3)7-11(14)2/h4-9H,1-3H3,(H,19,20). The Labute approximate surface area is 122 Å². The molecule has 0 bridgehead atoms. The zero-order valence-electron chi connectivity index (χ0n) is 12.2. The van der Waals surface area contributed by atoms with Crippen LogP contribution in [0.25, 0.3) is 22.3 Å². The number of benzene rings is 2. The topological polar surface area (TPSA) is 50.4 Å². The van der Waals surface area contributed by atoms with Gasteiger partial charge in [0.2, 0.25) is 0 Å². The van der Waals surface area contributed by atoms with Crippen molar-refractivity contribution in [2.75, 3.05) is 0 Å². The Balaban J connectivity index is 2.25. The minimum absolute atomic E-state index is 0.313. The van der Waals surface area contributed by atoms with Gasteiger partial charge in [0.05, 0.1) is 5.56 Å². The van der Waals surface area contributed by atoms with Crippen molar-refractivity contribution in [2.24, 2.45) is 0 Å². The third-order valence-corrected chi connectivity index (χ3v) is 3.81. The van der Waals surface area contributed by atoms with Crippen LogP contribution in [0.4, 0.5) is 0 Å². The van der Waals surface area contributed by atoms with E-state index in [1.807, 2.05) is 51.1 Å². The van der Waals surface area contributed by atoms with E-state index in [0.717, 1.165) is 33.2 Å². The molecule has 0 aliphatic heterocycles. The monoisotopic (exact) mass is 280 g/mol. The number of carboxylic acid groups (broad SMARTS) is 1. The molecule has 1 aromatic heterocycles. The summed E-state index contributed by atoms with van der Waals surface area (Å²) >= 11 is 0. The van der Waals surface area contributed by atoms with Gasteiger partial charge in [-0.25, -0.2) is 4.79 Å². The van der Waals surface area contributed by atoms with Gasteiger partial charge < -0.3 is 9.52 Å². The molecule has 0 aliphatic rings. The van der Waals surface area contributed by atoms with Gasteiger partial charge in [-0.1, -0.05) is 24.3 Å². The minimum atomic E-state index is -0.916. The molecular weight excluding hydrogens is 264 g/mol. The molecule has 3 aromatic rings. The smallest absolute Gasteiger partial charge is 0.335 e. The van der Waals surface area contributed by atoms with Crippen LogP contribution in [-0.2, 0) is 0 Å². The second kappa shape index (κ2) is 4.77. The Hall–Kier alpha value is -2.55. The highest BCUT2D eigenvalue weighted by molar-refractivity contribution is 5.92. The van der Waals surface area contributed by atoms with E-state index in [1.165, 1.54) is 0 Å². The summed E-state index contributed by atoms with van der Waals surface area (Å²) in [5.74, 6) is -0.208. The Morgan fingerprint density at radius 1 is 1.00 bits per heavy atom. The summed E-state index contributed by atoms with van der Waals surface area (Å²) in [4.78, 5) is 11.3. The molecule has 3 rings (SSSR count). The van der Waals surface area contributed by atoms with Gasteiger partial charge >= 0.3 is 5.97 Å². The average molecular weight is 280 g/mol. The van der Waals surface area contributed by atoms with Crippen LogP contribution in [0.2, 0.25) is 0 Å². The normalized spacial score (nSPS) is 11.0. The molecule has 0 unspecified atom stereocenters. The molecular formula is C18H16O3. The Morgan fingerprint density at radius 2 is 1.76 bits per heavy atom. The summed E-state index contributed by atoms with van der Waals surface area (Å²) in [5, 5.41) is 10.3.